The fraction of sp³-hybridized carbons (Fsp3) is 0.128. The summed E-state index contributed by atoms with van der Waals surface area (Å²) in [6.07, 6.45) is 2.76. The van der Waals surface area contributed by atoms with E-state index in [0.717, 1.165) is 33.9 Å². The Kier molecular flexibility index (Phi) is 11.8. The Hall–Kier alpha value is -4.98. The monoisotopic (exact) mass is 661 g/mol. The molecule has 236 valence electrons. The van der Waals surface area contributed by atoms with Crippen molar-refractivity contribution in [2.45, 2.75) is 42.4 Å². The number of carbonyl (C=O) groups is 3. The van der Waals surface area contributed by atoms with Crippen LogP contribution >= 0.6 is 23.4 Å². The van der Waals surface area contributed by atoms with Gasteiger partial charge in [-0.15, -0.1) is 0 Å². The molecule has 0 amide bonds. The van der Waals surface area contributed by atoms with E-state index in [1.54, 1.807) is 36.4 Å². The number of benzene rings is 5. The van der Waals surface area contributed by atoms with Gasteiger partial charge in [0.15, 0.2) is 5.78 Å². The third kappa shape index (κ3) is 10.0. The summed E-state index contributed by atoms with van der Waals surface area (Å²) >= 11 is 7.48. The lowest BCUT2D eigenvalue weighted by Crippen LogP contribution is -2.16. The van der Waals surface area contributed by atoms with Crippen LogP contribution in [0, 0.1) is 0 Å². The Morgan fingerprint density at radius 3 is 1.81 bits per heavy atom. The second-order valence-corrected chi connectivity index (χ2v) is 12.3. The Morgan fingerprint density at radius 2 is 1.21 bits per heavy atom. The van der Waals surface area contributed by atoms with E-state index >= 15 is 0 Å². The van der Waals surface area contributed by atoms with Gasteiger partial charge >= 0.3 is 5.97 Å². The molecule has 6 nitrogen and oxygen atoms in total. The minimum Gasteiger partial charge on any atom is -0.457 e. The van der Waals surface area contributed by atoms with Gasteiger partial charge in [-0.2, -0.15) is 0 Å². The van der Waals surface area contributed by atoms with Crippen LogP contribution in [0.2, 0.25) is 5.02 Å². The third-order valence-corrected chi connectivity index (χ3v) is 8.42. The summed E-state index contributed by atoms with van der Waals surface area (Å²) in [5.74, 6) is 0.451. The molecule has 0 saturated heterocycles. The first-order valence-electron chi connectivity index (χ1n) is 15.1. The summed E-state index contributed by atoms with van der Waals surface area (Å²) in [7, 11) is 0. The number of hydrogen-bond acceptors (Lipinski definition) is 7. The summed E-state index contributed by atoms with van der Waals surface area (Å²) < 4.78 is 5.82. The number of carbonyl (C=O) groups excluding carboxylic acids is 3. The number of oxime groups is 1. The van der Waals surface area contributed by atoms with E-state index in [1.165, 1.54) is 18.7 Å². The highest BCUT2D eigenvalue weighted by atomic mass is 35.5. The van der Waals surface area contributed by atoms with Crippen molar-refractivity contribution in [3.05, 3.63) is 155 Å². The molecule has 0 N–H and O–H groups in total. The van der Waals surface area contributed by atoms with Crippen LogP contribution in [0.25, 0.3) is 0 Å². The molecule has 0 heterocycles. The number of ketones is 2. The van der Waals surface area contributed by atoms with E-state index in [2.05, 4.69) is 5.16 Å². The molecule has 0 bridgehead atoms. The highest BCUT2D eigenvalue weighted by Crippen LogP contribution is 2.29. The van der Waals surface area contributed by atoms with Crippen LogP contribution in [-0.2, 0) is 16.1 Å². The predicted molar refractivity (Wildman–Crippen MR) is 186 cm³/mol. The predicted octanol–water partition coefficient (Wildman–Crippen LogP) is 10.0. The van der Waals surface area contributed by atoms with Crippen LogP contribution in [0.4, 0.5) is 0 Å². The molecule has 5 aromatic rings. The van der Waals surface area contributed by atoms with Crippen molar-refractivity contribution >= 4 is 46.6 Å². The molecule has 0 spiro atoms. The molecule has 5 aromatic carbocycles. The fourth-order valence-corrected chi connectivity index (χ4v) is 5.65. The Morgan fingerprint density at radius 1 is 0.660 bits per heavy atom. The van der Waals surface area contributed by atoms with E-state index in [4.69, 9.17) is 21.2 Å². The number of Topliss-reactive ketones (excluding diaryl/α,β-unsaturated/α-hetero) is 1. The number of para-hydroxylation sites is 1. The molecule has 0 aliphatic heterocycles. The highest BCUT2D eigenvalue weighted by Gasteiger charge is 2.16. The van der Waals surface area contributed by atoms with Crippen molar-refractivity contribution in [1.82, 2.24) is 0 Å². The lowest BCUT2D eigenvalue weighted by molar-refractivity contribution is -0.140. The second kappa shape index (κ2) is 16.5. The van der Waals surface area contributed by atoms with Crippen LogP contribution in [0.5, 0.6) is 11.5 Å². The van der Waals surface area contributed by atoms with Gasteiger partial charge in [0.05, 0.1) is 0 Å². The van der Waals surface area contributed by atoms with Crippen molar-refractivity contribution in [2.24, 2.45) is 5.16 Å². The molecule has 8 heteroatoms. The fourth-order valence-electron chi connectivity index (χ4n) is 4.71. The molecule has 0 fully saturated rings. The van der Waals surface area contributed by atoms with Gasteiger partial charge in [-0.25, -0.2) is 4.79 Å². The van der Waals surface area contributed by atoms with Gasteiger partial charge in [0.25, 0.3) is 0 Å². The van der Waals surface area contributed by atoms with E-state index in [-0.39, 0.29) is 17.3 Å². The molecule has 0 unspecified atom stereocenters. The maximum Gasteiger partial charge on any atom is 0.331 e. The molecular formula is C39H32ClNO5S. The van der Waals surface area contributed by atoms with Gasteiger partial charge in [-0.3, -0.25) is 9.59 Å². The molecular weight excluding hydrogens is 630 g/mol. The molecule has 0 aliphatic rings. The number of aryl methyl sites for hydroxylation is 1. The van der Waals surface area contributed by atoms with Gasteiger partial charge in [0.1, 0.15) is 17.2 Å². The SMILES string of the molecule is CC(=O)O/N=C(\CCCCc1ccc(Cl)cc1)C(=O)c1ccc(Sc2ccc(C(=O)c3ccc(Oc4ccccc4)cc3)cc2)cc1. The number of unbranched alkanes of at least 4 members (excludes halogenated alkanes) is 1. The van der Waals surface area contributed by atoms with Gasteiger partial charge in [-0.1, -0.05) is 58.9 Å². The van der Waals surface area contributed by atoms with Gasteiger partial charge in [0.2, 0.25) is 5.78 Å². The van der Waals surface area contributed by atoms with Crippen molar-refractivity contribution in [2.75, 3.05) is 0 Å². The standard InChI is InChI=1S/C39H32ClNO5S/c1-27(42)46-41-37(10-6-5-7-28-11-19-32(40)20-12-28)39(44)31-17-25-36(26-18-31)47-35-23-15-30(16-24-35)38(43)29-13-21-34(22-14-29)45-33-8-3-2-4-9-33/h2-4,8-9,11-26H,5-7,10H2,1H3/b41-37+. The number of ether oxygens (including phenoxy) is 1. The van der Waals surface area contributed by atoms with E-state index in [9.17, 15) is 14.4 Å². The van der Waals surface area contributed by atoms with Gasteiger partial charge in [-0.05, 0) is 128 Å². The zero-order valence-electron chi connectivity index (χ0n) is 25.7. The zero-order valence-corrected chi connectivity index (χ0v) is 27.3. The van der Waals surface area contributed by atoms with Crippen LogP contribution in [0.3, 0.4) is 0 Å². The van der Waals surface area contributed by atoms with E-state index in [1.807, 2.05) is 91.0 Å². The van der Waals surface area contributed by atoms with Crippen molar-refractivity contribution < 1.29 is 24.0 Å². The zero-order chi connectivity index (χ0) is 33.0. The lowest BCUT2D eigenvalue weighted by Gasteiger charge is -2.08. The third-order valence-electron chi connectivity index (χ3n) is 7.15. The normalized spacial score (nSPS) is 11.1. The molecule has 0 atom stereocenters. The maximum atomic E-state index is 13.3. The Balaban J connectivity index is 1.16. The average Bonchev–Trinajstić information content (AvgIpc) is 3.09. The van der Waals surface area contributed by atoms with Crippen LogP contribution in [-0.4, -0.2) is 23.2 Å². The highest BCUT2D eigenvalue weighted by molar-refractivity contribution is 7.99. The molecule has 47 heavy (non-hydrogen) atoms. The van der Waals surface area contributed by atoms with Crippen LogP contribution in [0.15, 0.2) is 142 Å². The summed E-state index contributed by atoms with van der Waals surface area (Å²) in [4.78, 5) is 44.4. The smallest absolute Gasteiger partial charge is 0.331 e. The Bertz CT molecular complexity index is 1840. The minimum atomic E-state index is -0.581. The van der Waals surface area contributed by atoms with Gasteiger partial charge in [0, 0.05) is 38.4 Å². The molecule has 5 rings (SSSR count). The van der Waals surface area contributed by atoms with Crippen molar-refractivity contribution in [1.29, 1.82) is 0 Å². The molecule has 0 radical (unpaired) electrons. The Labute approximate surface area is 283 Å². The largest absolute Gasteiger partial charge is 0.457 e. The second-order valence-electron chi connectivity index (χ2n) is 10.7. The molecule has 0 aromatic heterocycles. The average molecular weight is 662 g/mol. The summed E-state index contributed by atoms with van der Waals surface area (Å²) in [5, 5.41) is 4.56. The van der Waals surface area contributed by atoms with Crippen molar-refractivity contribution in [3.8, 4) is 11.5 Å². The first-order chi connectivity index (χ1) is 22.8. The van der Waals surface area contributed by atoms with E-state index < -0.39 is 5.97 Å². The van der Waals surface area contributed by atoms with Crippen LogP contribution < -0.4 is 4.74 Å². The van der Waals surface area contributed by atoms with Crippen molar-refractivity contribution in [3.63, 3.8) is 0 Å². The number of hydrogen-bond donors (Lipinski definition) is 0. The number of halogens is 1. The maximum absolute atomic E-state index is 13.3. The first-order valence-corrected chi connectivity index (χ1v) is 16.3. The quantitative estimate of drug-likeness (QED) is 0.0387. The van der Waals surface area contributed by atoms with Crippen LogP contribution in [0.1, 0.15) is 58.0 Å². The summed E-state index contributed by atoms with van der Waals surface area (Å²) in [5.41, 5.74) is 2.98. The number of nitrogens with zero attached hydrogens (tertiary/aromatic N) is 1. The summed E-state index contributed by atoms with van der Waals surface area (Å²) in [6, 6.07) is 38.9. The van der Waals surface area contributed by atoms with Gasteiger partial charge < -0.3 is 9.57 Å². The van der Waals surface area contributed by atoms with E-state index in [0.29, 0.717) is 40.3 Å². The summed E-state index contributed by atoms with van der Waals surface area (Å²) in [6.45, 7) is 1.25. The molecule has 0 saturated carbocycles. The first kappa shape index (κ1) is 33.4. The minimum absolute atomic E-state index is 0.0770. The lowest BCUT2D eigenvalue weighted by atomic mass is 10.0. The topological polar surface area (TPSA) is 82.0 Å². The number of rotatable bonds is 14. The molecule has 0 aliphatic carbocycles.